The van der Waals surface area contributed by atoms with Crippen LogP contribution >= 0.6 is 0 Å². The maximum atomic E-state index is 12.3. The van der Waals surface area contributed by atoms with Crippen molar-refractivity contribution in [1.29, 1.82) is 0 Å². The van der Waals surface area contributed by atoms with Crippen molar-refractivity contribution in [1.82, 2.24) is 29.7 Å². The second-order valence-electron chi connectivity index (χ2n) is 7.26. The average molecular weight is 472 g/mol. The molecule has 179 valence electrons. The van der Waals surface area contributed by atoms with Crippen LogP contribution in [0.2, 0.25) is 0 Å². The number of carbonyl (C=O) groups excluding carboxylic acids is 3. The van der Waals surface area contributed by atoms with Gasteiger partial charge in [0.2, 0.25) is 0 Å². The van der Waals surface area contributed by atoms with Gasteiger partial charge in [-0.05, 0) is 6.92 Å². The zero-order valence-electron chi connectivity index (χ0n) is 18.5. The lowest BCUT2D eigenvalue weighted by Crippen LogP contribution is -2.31. The number of fused-ring (bicyclic) bond motifs is 1. The number of hydrogen-bond acceptors (Lipinski definition) is 12. The monoisotopic (exact) mass is 472 g/mol. The Balaban J connectivity index is 1.69. The van der Waals surface area contributed by atoms with Gasteiger partial charge in [0.25, 0.3) is 0 Å². The van der Waals surface area contributed by atoms with Crippen LogP contribution in [0.1, 0.15) is 37.4 Å². The number of imidazole rings is 1. The molecule has 0 bridgehead atoms. The number of esters is 3. The predicted molar refractivity (Wildman–Crippen MR) is 114 cm³/mol. The molecular formula is C20H22N7O7. The summed E-state index contributed by atoms with van der Waals surface area (Å²) in [6, 6.07) is 0. The number of ether oxygens (including phenoxy) is 4. The largest absolute Gasteiger partial charge is 0.463 e. The Labute approximate surface area is 192 Å². The van der Waals surface area contributed by atoms with Crippen LogP contribution in [0.5, 0.6) is 0 Å². The van der Waals surface area contributed by atoms with Gasteiger partial charge in [-0.1, -0.05) is 0 Å². The minimum absolute atomic E-state index is 0.0579. The average Bonchev–Trinajstić information content (AvgIpc) is 3.50. The van der Waals surface area contributed by atoms with Gasteiger partial charge >= 0.3 is 17.9 Å². The molecule has 0 amide bonds. The van der Waals surface area contributed by atoms with Gasteiger partial charge in [0.05, 0.1) is 19.4 Å². The summed E-state index contributed by atoms with van der Waals surface area (Å²) in [5, 5.41) is 6.67. The van der Waals surface area contributed by atoms with E-state index >= 15 is 0 Å². The van der Waals surface area contributed by atoms with E-state index in [1.807, 2.05) is 0 Å². The summed E-state index contributed by atoms with van der Waals surface area (Å²) < 4.78 is 22.9. The molecule has 0 unspecified atom stereocenters. The standard InChI is InChI=1S/C20H22N7O7/c1-4-31-20(30)11-6-23-26-15(11)18-24-17(21)16-19(25-18)27(8-22-16)14-5-12(33-10(3)29)13(34-14)7-32-9(2)28/h5-6,8,12-14H,4,7H2,1-3H3,(H,23,26)(H2,21,24,25)/t12-,13-,14-/m1/s1. The van der Waals surface area contributed by atoms with Crippen LogP contribution in [-0.4, -0.2) is 73.0 Å². The molecule has 34 heavy (non-hydrogen) atoms. The minimum atomic E-state index is -0.778. The Hall–Kier alpha value is -4.07. The molecule has 14 nitrogen and oxygen atoms in total. The lowest BCUT2D eigenvalue weighted by atomic mass is 10.2. The Morgan fingerprint density at radius 1 is 1.21 bits per heavy atom. The predicted octanol–water partition coefficient (Wildman–Crippen LogP) is 0.572. The van der Waals surface area contributed by atoms with Crippen molar-refractivity contribution in [3.63, 3.8) is 0 Å². The van der Waals surface area contributed by atoms with E-state index in [1.54, 1.807) is 17.9 Å². The highest BCUT2D eigenvalue weighted by Gasteiger charge is 2.40. The summed E-state index contributed by atoms with van der Waals surface area (Å²) in [6.07, 6.45) is 2.14. The molecule has 0 spiro atoms. The first kappa shape index (κ1) is 23.1. The molecule has 3 aromatic heterocycles. The number of nitrogens with two attached hydrogens (primary N) is 1. The Bertz CT molecular complexity index is 1240. The Kier molecular flexibility index (Phi) is 6.40. The molecule has 1 saturated heterocycles. The van der Waals surface area contributed by atoms with E-state index < -0.39 is 36.3 Å². The molecule has 1 aliphatic heterocycles. The normalized spacial score (nSPS) is 19.8. The lowest BCUT2D eigenvalue weighted by Gasteiger charge is -2.17. The molecule has 1 aliphatic rings. The zero-order chi connectivity index (χ0) is 24.4. The molecule has 0 saturated carbocycles. The van der Waals surface area contributed by atoms with Crippen molar-refractivity contribution < 1.29 is 33.3 Å². The topological polar surface area (TPSA) is 186 Å². The number of hydrogen-bond donors (Lipinski definition) is 2. The molecule has 3 aromatic rings. The number of rotatable bonds is 7. The van der Waals surface area contributed by atoms with Crippen LogP contribution in [0.3, 0.4) is 0 Å². The number of nitrogens with zero attached hydrogens (tertiary/aromatic N) is 5. The second kappa shape index (κ2) is 9.43. The first-order valence-electron chi connectivity index (χ1n) is 10.3. The number of nitrogen functional groups attached to an aromatic ring is 1. The fourth-order valence-corrected chi connectivity index (χ4v) is 3.44. The fourth-order valence-electron chi connectivity index (χ4n) is 3.44. The molecule has 4 rings (SSSR count). The summed E-state index contributed by atoms with van der Waals surface area (Å²) in [6.45, 7) is 4.28. The quantitative estimate of drug-likeness (QED) is 0.360. The lowest BCUT2D eigenvalue weighted by molar-refractivity contribution is -0.155. The second-order valence-corrected chi connectivity index (χ2v) is 7.26. The van der Waals surface area contributed by atoms with Crippen molar-refractivity contribution in [2.45, 2.75) is 39.2 Å². The van der Waals surface area contributed by atoms with E-state index in [9.17, 15) is 14.4 Å². The molecule has 1 radical (unpaired) electrons. The third-order valence-electron chi connectivity index (χ3n) is 4.86. The van der Waals surface area contributed by atoms with Gasteiger partial charge in [-0.3, -0.25) is 19.3 Å². The van der Waals surface area contributed by atoms with Crippen LogP contribution in [0, 0.1) is 6.42 Å². The molecular weight excluding hydrogens is 450 g/mol. The molecule has 0 aliphatic carbocycles. The van der Waals surface area contributed by atoms with Crippen LogP contribution in [0.15, 0.2) is 12.5 Å². The van der Waals surface area contributed by atoms with Gasteiger partial charge in [-0.25, -0.2) is 19.7 Å². The van der Waals surface area contributed by atoms with Crippen molar-refractivity contribution in [3.05, 3.63) is 24.5 Å². The summed E-state index contributed by atoms with van der Waals surface area (Å²) >= 11 is 0. The van der Waals surface area contributed by atoms with Crippen LogP contribution < -0.4 is 5.73 Å². The first-order valence-corrected chi connectivity index (χ1v) is 10.3. The van der Waals surface area contributed by atoms with Gasteiger partial charge in [-0.2, -0.15) is 5.10 Å². The van der Waals surface area contributed by atoms with Crippen molar-refractivity contribution >= 4 is 34.9 Å². The van der Waals surface area contributed by atoms with Crippen molar-refractivity contribution in [2.24, 2.45) is 0 Å². The number of H-pyrrole nitrogens is 1. The van der Waals surface area contributed by atoms with E-state index in [2.05, 4.69) is 25.1 Å². The number of anilines is 1. The van der Waals surface area contributed by atoms with Gasteiger partial charge in [0, 0.05) is 20.0 Å². The SMILES string of the molecule is CCOC(=O)c1c[nH]nc1-c1nc(N)c2ncn([C@H]3[CH][C@@H](OC(C)=O)[C@@H](COC(C)=O)O3)c2n1. The van der Waals surface area contributed by atoms with Crippen molar-refractivity contribution in [3.8, 4) is 11.5 Å². The maximum Gasteiger partial charge on any atom is 0.342 e. The van der Waals surface area contributed by atoms with E-state index in [4.69, 9.17) is 24.7 Å². The highest BCUT2D eigenvalue weighted by Crippen LogP contribution is 2.33. The number of aromatic nitrogens is 6. The highest BCUT2D eigenvalue weighted by atomic mass is 16.6. The number of aromatic amines is 1. The molecule has 4 heterocycles. The highest BCUT2D eigenvalue weighted by molar-refractivity contribution is 5.95. The Morgan fingerprint density at radius 3 is 2.71 bits per heavy atom. The van der Waals surface area contributed by atoms with E-state index in [0.29, 0.717) is 5.52 Å². The van der Waals surface area contributed by atoms with Gasteiger partial charge in [0.15, 0.2) is 17.3 Å². The van der Waals surface area contributed by atoms with Crippen LogP contribution in [0.25, 0.3) is 22.7 Å². The summed E-state index contributed by atoms with van der Waals surface area (Å²) in [4.78, 5) is 48.0. The van der Waals surface area contributed by atoms with Gasteiger partial charge in [-0.15, -0.1) is 0 Å². The van der Waals surface area contributed by atoms with Gasteiger partial charge < -0.3 is 24.7 Å². The number of carbonyl (C=O) groups is 3. The zero-order valence-corrected chi connectivity index (χ0v) is 18.5. The summed E-state index contributed by atoms with van der Waals surface area (Å²) in [5.74, 6) is -1.48. The Morgan fingerprint density at radius 2 is 2.00 bits per heavy atom. The summed E-state index contributed by atoms with van der Waals surface area (Å²) in [5.41, 5.74) is 6.98. The molecule has 3 atom stereocenters. The van der Waals surface area contributed by atoms with Crippen LogP contribution in [-0.2, 0) is 28.5 Å². The first-order chi connectivity index (χ1) is 16.3. The minimum Gasteiger partial charge on any atom is -0.463 e. The van der Waals surface area contributed by atoms with E-state index in [-0.39, 0.29) is 41.8 Å². The summed E-state index contributed by atoms with van der Waals surface area (Å²) in [7, 11) is 0. The molecule has 0 aromatic carbocycles. The molecule has 14 heteroatoms. The smallest absolute Gasteiger partial charge is 0.342 e. The maximum absolute atomic E-state index is 12.3. The van der Waals surface area contributed by atoms with Crippen molar-refractivity contribution in [2.75, 3.05) is 18.9 Å². The van der Waals surface area contributed by atoms with Crippen LogP contribution in [0.4, 0.5) is 5.82 Å². The third-order valence-corrected chi connectivity index (χ3v) is 4.86. The fraction of sp³-hybridized carbons (Fsp3) is 0.400. The number of nitrogens with one attached hydrogen (secondary N) is 1. The molecule has 3 N–H and O–H groups in total. The van der Waals surface area contributed by atoms with E-state index in [0.717, 1.165) is 0 Å². The third kappa shape index (κ3) is 4.52. The molecule has 1 fully saturated rings. The van der Waals surface area contributed by atoms with E-state index in [1.165, 1.54) is 26.4 Å². The van der Waals surface area contributed by atoms with Gasteiger partial charge in [0.1, 0.15) is 41.8 Å².